The predicted molar refractivity (Wildman–Crippen MR) is 81.9 cm³/mol. The summed E-state index contributed by atoms with van der Waals surface area (Å²) in [5, 5.41) is 3.52. The van der Waals surface area contributed by atoms with Crippen LogP contribution in [0.1, 0.15) is 49.9 Å². The molecule has 106 valence electrons. The van der Waals surface area contributed by atoms with E-state index in [4.69, 9.17) is 28.9 Å². The van der Waals surface area contributed by atoms with Crippen LogP contribution in [0, 0.1) is 0 Å². The normalized spacial score (nSPS) is 12.2. The molecule has 0 aliphatic heterocycles. The van der Waals surface area contributed by atoms with Crippen LogP contribution in [-0.2, 0) is 0 Å². The number of carbonyl (C=O) groups is 1. The average molecular weight is 303 g/mol. The number of hydrogen-bond donors (Lipinski definition) is 2. The molecular weight excluding hydrogens is 283 g/mol. The second-order valence-corrected chi connectivity index (χ2v) is 5.52. The minimum Gasteiger partial charge on any atom is -0.397 e. The number of amides is 1. The van der Waals surface area contributed by atoms with Gasteiger partial charge >= 0.3 is 0 Å². The Hall–Kier alpha value is -0.930. The van der Waals surface area contributed by atoms with Crippen molar-refractivity contribution in [1.29, 1.82) is 0 Å². The van der Waals surface area contributed by atoms with Gasteiger partial charge in [-0.25, -0.2) is 0 Å². The first-order chi connectivity index (χ1) is 8.95. The third-order valence-corrected chi connectivity index (χ3v) is 3.75. The van der Waals surface area contributed by atoms with Gasteiger partial charge in [-0.3, -0.25) is 4.79 Å². The van der Waals surface area contributed by atoms with E-state index in [1.165, 1.54) is 18.9 Å². The van der Waals surface area contributed by atoms with Crippen LogP contribution in [0.25, 0.3) is 0 Å². The highest BCUT2D eigenvalue weighted by Crippen LogP contribution is 2.29. The van der Waals surface area contributed by atoms with Crippen LogP contribution in [0.15, 0.2) is 12.1 Å². The van der Waals surface area contributed by atoms with E-state index in [0.717, 1.165) is 12.8 Å². The van der Waals surface area contributed by atoms with Gasteiger partial charge in [-0.2, -0.15) is 0 Å². The number of rotatable bonds is 6. The Balaban J connectivity index is 2.63. The van der Waals surface area contributed by atoms with Gasteiger partial charge in [-0.15, -0.1) is 0 Å². The molecule has 0 radical (unpaired) electrons. The lowest BCUT2D eigenvalue weighted by Gasteiger charge is -2.14. The van der Waals surface area contributed by atoms with Crippen molar-refractivity contribution in [2.45, 2.75) is 45.6 Å². The molecule has 0 saturated carbocycles. The lowest BCUT2D eigenvalue weighted by Crippen LogP contribution is -2.32. The van der Waals surface area contributed by atoms with Crippen LogP contribution in [0.5, 0.6) is 0 Å². The van der Waals surface area contributed by atoms with E-state index in [9.17, 15) is 4.79 Å². The van der Waals surface area contributed by atoms with Crippen molar-refractivity contribution in [3.8, 4) is 0 Å². The Labute approximate surface area is 124 Å². The number of anilines is 1. The zero-order valence-corrected chi connectivity index (χ0v) is 12.8. The monoisotopic (exact) mass is 302 g/mol. The van der Waals surface area contributed by atoms with E-state index in [0.29, 0.717) is 16.3 Å². The van der Waals surface area contributed by atoms with Crippen molar-refractivity contribution in [1.82, 2.24) is 5.32 Å². The average Bonchev–Trinajstić information content (AvgIpc) is 2.35. The molecule has 19 heavy (non-hydrogen) atoms. The van der Waals surface area contributed by atoms with Crippen LogP contribution >= 0.6 is 23.2 Å². The standard InChI is InChI=1S/C14H20Cl2N2O/c1-3-4-5-6-9(2)18-14(19)10-7-11(15)13(16)12(17)8-10/h7-9H,3-6,17H2,1-2H3,(H,18,19). The molecule has 3 N–H and O–H groups in total. The van der Waals surface area contributed by atoms with Gasteiger partial charge in [0.15, 0.2) is 0 Å². The summed E-state index contributed by atoms with van der Waals surface area (Å²) in [6.45, 7) is 4.15. The molecule has 0 saturated heterocycles. The van der Waals surface area contributed by atoms with Crippen molar-refractivity contribution in [3.05, 3.63) is 27.7 Å². The first-order valence-electron chi connectivity index (χ1n) is 6.51. The van der Waals surface area contributed by atoms with Gasteiger partial charge in [0, 0.05) is 11.6 Å². The quantitative estimate of drug-likeness (QED) is 0.609. The van der Waals surface area contributed by atoms with Crippen LogP contribution in [0.2, 0.25) is 10.0 Å². The summed E-state index contributed by atoms with van der Waals surface area (Å²) in [5.74, 6) is -0.172. The van der Waals surface area contributed by atoms with Gasteiger partial charge in [0.05, 0.1) is 15.7 Å². The summed E-state index contributed by atoms with van der Waals surface area (Å²) in [5.41, 5.74) is 6.45. The molecule has 3 nitrogen and oxygen atoms in total. The molecule has 0 aromatic heterocycles. The maximum atomic E-state index is 12.0. The van der Waals surface area contributed by atoms with E-state index >= 15 is 0 Å². The number of unbranched alkanes of at least 4 members (excludes halogenated alkanes) is 2. The van der Waals surface area contributed by atoms with Gasteiger partial charge < -0.3 is 11.1 Å². The summed E-state index contributed by atoms with van der Waals surface area (Å²) >= 11 is 11.8. The van der Waals surface area contributed by atoms with Crippen molar-refractivity contribution in [3.63, 3.8) is 0 Å². The SMILES string of the molecule is CCCCCC(C)NC(=O)c1cc(N)c(Cl)c(Cl)c1. The van der Waals surface area contributed by atoms with Crippen molar-refractivity contribution < 1.29 is 4.79 Å². The number of nitrogens with two attached hydrogens (primary N) is 1. The van der Waals surface area contributed by atoms with E-state index in [1.807, 2.05) is 6.92 Å². The second-order valence-electron chi connectivity index (χ2n) is 4.73. The molecule has 1 unspecified atom stereocenters. The highest BCUT2D eigenvalue weighted by atomic mass is 35.5. The molecule has 1 aromatic carbocycles. The minimum absolute atomic E-state index is 0.134. The summed E-state index contributed by atoms with van der Waals surface area (Å²) < 4.78 is 0. The number of benzene rings is 1. The summed E-state index contributed by atoms with van der Waals surface area (Å²) in [6, 6.07) is 3.21. The maximum Gasteiger partial charge on any atom is 0.251 e. The number of hydrogen-bond acceptors (Lipinski definition) is 2. The Bertz CT molecular complexity index is 426. The second kappa shape index (κ2) is 7.61. The topological polar surface area (TPSA) is 55.1 Å². The van der Waals surface area contributed by atoms with E-state index in [2.05, 4.69) is 12.2 Å². The molecule has 5 heteroatoms. The fourth-order valence-corrected chi connectivity index (χ4v) is 2.16. The van der Waals surface area contributed by atoms with Crippen LogP contribution < -0.4 is 11.1 Å². The van der Waals surface area contributed by atoms with E-state index in [1.54, 1.807) is 6.07 Å². The number of halogens is 2. The molecule has 0 spiro atoms. The first kappa shape index (κ1) is 16.1. The van der Waals surface area contributed by atoms with Gasteiger partial charge in [0.2, 0.25) is 0 Å². The van der Waals surface area contributed by atoms with Gasteiger partial charge in [-0.05, 0) is 25.5 Å². The van der Waals surface area contributed by atoms with Crippen molar-refractivity contribution >= 4 is 34.8 Å². The molecule has 0 bridgehead atoms. The highest BCUT2D eigenvalue weighted by molar-refractivity contribution is 6.43. The van der Waals surface area contributed by atoms with Crippen LogP contribution in [0.3, 0.4) is 0 Å². The van der Waals surface area contributed by atoms with Crippen LogP contribution in [-0.4, -0.2) is 11.9 Å². The maximum absolute atomic E-state index is 12.0. The van der Waals surface area contributed by atoms with Gasteiger partial charge in [0.1, 0.15) is 0 Å². The number of carbonyl (C=O) groups excluding carboxylic acids is 1. The van der Waals surface area contributed by atoms with Crippen molar-refractivity contribution in [2.24, 2.45) is 0 Å². The molecule has 1 rings (SSSR count). The van der Waals surface area contributed by atoms with Gasteiger partial charge in [0.25, 0.3) is 5.91 Å². The lowest BCUT2D eigenvalue weighted by molar-refractivity contribution is 0.0938. The summed E-state index contributed by atoms with van der Waals surface area (Å²) in [4.78, 5) is 12.0. The Morgan fingerprint density at radius 3 is 2.63 bits per heavy atom. The predicted octanol–water partition coefficient (Wildman–Crippen LogP) is 4.27. The molecule has 1 aromatic rings. The van der Waals surface area contributed by atoms with Crippen LogP contribution in [0.4, 0.5) is 5.69 Å². The summed E-state index contributed by atoms with van der Waals surface area (Å²) in [7, 11) is 0. The fraction of sp³-hybridized carbons (Fsp3) is 0.500. The Morgan fingerprint density at radius 1 is 1.37 bits per heavy atom. The first-order valence-corrected chi connectivity index (χ1v) is 7.26. The largest absolute Gasteiger partial charge is 0.397 e. The third-order valence-electron chi connectivity index (χ3n) is 2.94. The Morgan fingerprint density at radius 2 is 2.05 bits per heavy atom. The lowest BCUT2D eigenvalue weighted by atomic mass is 10.1. The van der Waals surface area contributed by atoms with Crippen molar-refractivity contribution in [2.75, 3.05) is 5.73 Å². The Kier molecular flexibility index (Phi) is 6.46. The third kappa shape index (κ3) is 4.92. The fourth-order valence-electron chi connectivity index (χ4n) is 1.82. The number of nitrogen functional groups attached to an aromatic ring is 1. The van der Waals surface area contributed by atoms with E-state index in [-0.39, 0.29) is 17.0 Å². The molecule has 0 fully saturated rings. The zero-order chi connectivity index (χ0) is 14.4. The molecule has 0 aliphatic rings. The smallest absolute Gasteiger partial charge is 0.251 e. The highest BCUT2D eigenvalue weighted by Gasteiger charge is 2.13. The molecular formula is C14H20Cl2N2O. The zero-order valence-electron chi connectivity index (χ0n) is 11.3. The van der Waals surface area contributed by atoms with E-state index < -0.39 is 0 Å². The molecule has 1 atom stereocenters. The molecule has 0 aliphatic carbocycles. The number of nitrogens with one attached hydrogen (secondary N) is 1. The molecule has 1 amide bonds. The minimum atomic E-state index is -0.172. The summed E-state index contributed by atoms with van der Waals surface area (Å²) in [6.07, 6.45) is 4.43. The molecule has 0 heterocycles. The van der Waals surface area contributed by atoms with Gasteiger partial charge in [-0.1, -0.05) is 49.4 Å².